The van der Waals surface area contributed by atoms with Crippen molar-refractivity contribution in [1.82, 2.24) is 4.57 Å². The summed E-state index contributed by atoms with van der Waals surface area (Å²) < 4.78 is 46.6. The van der Waals surface area contributed by atoms with Crippen LogP contribution in [0.25, 0.3) is 5.69 Å². The van der Waals surface area contributed by atoms with Crippen LogP contribution < -0.4 is 0 Å². The first kappa shape index (κ1) is 17.9. The highest BCUT2D eigenvalue weighted by molar-refractivity contribution is 7.86. The molecule has 1 aliphatic carbocycles. The van der Waals surface area contributed by atoms with E-state index in [1.807, 2.05) is 0 Å². The molecule has 0 fully saturated rings. The van der Waals surface area contributed by atoms with E-state index in [1.54, 1.807) is 18.5 Å². The van der Waals surface area contributed by atoms with Gasteiger partial charge >= 0.3 is 5.92 Å². The fraction of sp³-hybridized carbons (Fsp3) is 0.235. The largest absolute Gasteiger partial charge is 0.319 e. The quantitative estimate of drug-likeness (QED) is 0.752. The number of carbonyl (C=O) groups excluding carboxylic acids is 1. The van der Waals surface area contributed by atoms with E-state index in [9.17, 15) is 18.0 Å². The number of nitrogens with zero attached hydrogens (tertiary/aromatic N) is 4. The van der Waals surface area contributed by atoms with Gasteiger partial charge in [0.1, 0.15) is 11.9 Å². The normalized spacial score (nSPS) is 16.6. The van der Waals surface area contributed by atoms with Gasteiger partial charge in [0.2, 0.25) is 12.0 Å². The summed E-state index contributed by atoms with van der Waals surface area (Å²) in [5.41, 5.74) is 0.376. The van der Waals surface area contributed by atoms with Gasteiger partial charge in [0.05, 0.1) is 11.1 Å². The summed E-state index contributed by atoms with van der Waals surface area (Å²) in [5, 5.41) is 17.8. The average molecular weight is 376 g/mol. The molecule has 132 valence electrons. The molecule has 0 saturated carbocycles. The highest BCUT2D eigenvalue weighted by atomic mass is 32.2. The van der Waals surface area contributed by atoms with Crippen LogP contribution >= 0.6 is 0 Å². The third kappa shape index (κ3) is 2.80. The third-order valence-electron chi connectivity index (χ3n) is 4.15. The maximum Gasteiger partial charge on any atom is 0.310 e. The van der Waals surface area contributed by atoms with Gasteiger partial charge in [-0.15, -0.1) is 4.36 Å². The molecule has 5 nitrogen and oxygen atoms in total. The smallest absolute Gasteiger partial charge is 0.310 e. The Morgan fingerprint density at radius 3 is 2.73 bits per heavy atom. The van der Waals surface area contributed by atoms with Crippen LogP contribution in [-0.4, -0.2) is 22.5 Å². The lowest BCUT2D eigenvalue weighted by molar-refractivity contribution is 0.00143. The zero-order valence-corrected chi connectivity index (χ0v) is 14.3. The fourth-order valence-electron chi connectivity index (χ4n) is 2.90. The van der Waals surface area contributed by atoms with Gasteiger partial charge < -0.3 is 4.57 Å². The molecule has 1 atom stereocenters. The zero-order valence-electron chi connectivity index (χ0n) is 13.5. The molecule has 0 N–H and O–H groups in total. The Labute approximate surface area is 149 Å². The second-order valence-corrected chi connectivity index (χ2v) is 7.24. The van der Waals surface area contributed by atoms with Crippen molar-refractivity contribution in [1.29, 1.82) is 10.5 Å². The van der Waals surface area contributed by atoms with Gasteiger partial charge in [-0.05, 0) is 30.9 Å². The number of alkyl halides is 2. The van der Waals surface area contributed by atoms with Crippen LogP contribution in [0.15, 0.2) is 33.7 Å². The van der Waals surface area contributed by atoms with Crippen molar-refractivity contribution in [3.8, 4) is 17.9 Å². The maximum absolute atomic E-state index is 13.9. The van der Waals surface area contributed by atoms with Gasteiger partial charge in [0.15, 0.2) is 0 Å². The highest BCUT2D eigenvalue weighted by Crippen LogP contribution is 2.38. The van der Waals surface area contributed by atoms with Gasteiger partial charge in [0.25, 0.3) is 0 Å². The van der Waals surface area contributed by atoms with Crippen molar-refractivity contribution in [2.24, 2.45) is 4.36 Å². The molecule has 1 unspecified atom stereocenters. The standard InChI is InChI=1S/C17H11F3N4OS/c1-26(23-9-22)14-8-24(11-2-3-12(18)10(6-11)7-21)13-4-5-17(19,20)16(25)15(13)14/h2-3,6,8H,4-5H2,1H3. The second kappa shape index (κ2) is 6.43. The van der Waals surface area contributed by atoms with Crippen LogP contribution in [0, 0.1) is 28.6 Å². The minimum atomic E-state index is -3.48. The monoisotopic (exact) mass is 376 g/mol. The number of hydrogen-bond donors (Lipinski definition) is 0. The summed E-state index contributed by atoms with van der Waals surface area (Å²) in [4.78, 5) is 12.5. The van der Waals surface area contributed by atoms with E-state index < -0.39 is 34.6 Å². The predicted molar refractivity (Wildman–Crippen MR) is 87.6 cm³/mol. The van der Waals surface area contributed by atoms with E-state index in [4.69, 9.17) is 10.5 Å². The van der Waals surface area contributed by atoms with Crippen molar-refractivity contribution in [3.05, 3.63) is 47.0 Å². The van der Waals surface area contributed by atoms with Gasteiger partial charge in [0, 0.05) is 28.9 Å². The van der Waals surface area contributed by atoms with Crippen LogP contribution in [-0.2, 0) is 17.1 Å². The number of carbonyl (C=O) groups is 1. The molecule has 1 aromatic carbocycles. The number of rotatable bonds is 2. The number of fused-ring (bicyclic) bond motifs is 1. The molecule has 0 bridgehead atoms. The average Bonchev–Trinajstić information content (AvgIpc) is 2.99. The van der Waals surface area contributed by atoms with Crippen LogP contribution in [0.4, 0.5) is 13.2 Å². The summed E-state index contributed by atoms with van der Waals surface area (Å²) in [5.74, 6) is -5.48. The molecule has 0 amide bonds. The molecule has 0 spiro atoms. The molecule has 0 aliphatic heterocycles. The topological polar surface area (TPSA) is 81.9 Å². The number of Topliss-reactive ketones (excluding diaryl/α,β-unsaturated/α-hetero) is 1. The second-order valence-electron chi connectivity index (χ2n) is 5.66. The minimum Gasteiger partial charge on any atom is -0.319 e. The Morgan fingerprint density at radius 2 is 2.08 bits per heavy atom. The number of benzene rings is 1. The van der Waals surface area contributed by atoms with Crippen molar-refractivity contribution in [2.45, 2.75) is 23.7 Å². The van der Waals surface area contributed by atoms with Crippen molar-refractivity contribution >= 4 is 16.5 Å². The molecular formula is C17H11F3N4OS. The Balaban J connectivity index is 2.29. The zero-order chi connectivity index (χ0) is 19.1. The van der Waals surface area contributed by atoms with E-state index in [0.29, 0.717) is 11.4 Å². The predicted octanol–water partition coefficient (Wildman–Crippen LogP) is 3.52. The van der Waals surface area contributed by atoms with Crippen LogP contribution in [0.1, 0.15) is 28.0 Å². The molecule has 26 heavy (non-hydrogen) atoms. The van der Waals surface area contributed by atoms with E-state index in [2.05, 4.69) is 4.36 Å². The number of halogens is 3. The number of hydrogen-bond acceptors (Lipinski definition) is 4. The molecule has 2 aromatic rings. The summed E-state index contributed by atoms with van der Waals surface area (Å²) in [6.07, 6.45) is 3.92. The Morgan fingerprint density at radius 1 is 1.35 bits per heavy atom. The van der Waals surface area contributed by atoms with E-state index in [1.165, 1.54) is 22.9 Å². The molecular weight excluding hydrogens is 365 g/mol. The molecule has 1 heterocycles. The van der Waals surface area contributed by atoms with Crippen LogP contribution in [0.5, 0.6) is 0 Å². The van der Waals surface area contributed by atoms with E-state index in [0.717, 1.165) is 6.07 Å². The van der Waals surface area contributed by atoms with Crippen molar-refractivity contribution in [3.63, 3.8) is 0 Å². The molecule has 0 saturated heterocycles. The van der Waals surface area contributed by atoms with E-state index >= 15 is 0 Å². The summed E-state index contributed by atoms with van der Waals surface area (Å²) >= 11 is 0. The Hall–Kier alpha value is -2.91. The SMILES string of the molecule is C/S(=N\C#N)c1cn(-c2ccc(F)c(C#N)c2)c2c1C(=O)C(F)(F)CC2. The maximum atomic E-state index is 13.9. The summed E-state index contributed by atoms with van der Waals surface area (Å²) in [7, 11) is -1.09. The number of aromatic nitrogens is 1. The third-order valence-corrected chi connectivity index (χ3v) is 5.45. The first-order chi connectivity index (χ1) is 12.3. The first-order valence-electron chi connectivity index (χ1n) is 7.43. The van der Waals surface area contributed by atoms with Gasteiger partial charge in [-0.1, -0.05) is 10.7 Å². The summed E-state index contributed by atoms with van der Waals surface area (Å²) in [6.45, 7) is 0. The van der Waals surface area contributed by atoms with Gasteiger partial charge in [-0.3, -0.25) is 4.79 Å². The lowest BCUT2D eigenvalue weighted by Crippen LogP contribution is -2.34. The van der Waals surface area contributed by atoms with Gasteiger partial charge in [-0.25, -0.2) is 4.39 Å². The molecule has 9 heteroatoms. The minimum absolute atomic E-state index is 0.0723. The molecule has 3 rings (SSSR count). The van der Waals surface area contributed by atoms with Crippen LogP contribution in [0.2, 0.25) is 0 Å². The fourth-order valence-corrected chi connectivity index (χ4v) is 3.88. The lowest BCUT2D eigenvalue weighted by atomic mass is 9.93. The molecule has 1 aromatic heterocycles. The lowest BCUT2D eigenvalue weighted by Gasteiger charge is -2.22. The van der Waals surface area contributed by atoms with Crippen molar-refractivity contribution < 1.29 is 18.0 Å². The Kier molecular flexibility index (Phi) is 4.43. The number of ketones is 1. The number of nitriles is 2. The van der Waals surface area contributed by atoms with Crippen molar-refractivity contribution in [2.75, 3.05) is 6.26 Å². The summed E-state index contributed by atoms with van der Waals surface area (Å²) in [6, 6.07) is 5.50. The molecule has 1 aliphatic rings. The highest BCUT2D eigenvalue weighted by Gasteiger charge is 2.46. The molecule has 0 radical (unpaired) electrons. The van der Waals surface area contributed by atoms with Crippen LogP contribution in [0.3, 0.4) is 0 Å². The van der Waals surface area contributed by atoms with Gasteiger partial charge in [-0.2, -0.15) is 19.3 Å². The first-order valence-corrected chi connectivity index (χ1v) is 9.02. The Bertz CT molecular complexity index is 1040. The van der Waals surface area contributed by atoms with E-state index in [-0.39, 0.29) is 22.4 Å².